The van der Waals surface area contributed by atoms with Crippen molar-refractivity contribution in [3.63, 3.8) is 0 Å². The number of carbonyl (C=O) groups is 3. The van der Waals surface area contributed by atoms with Gasteiger partial charge in [-0.05, 0) is 47.5 Å². The molecule has 30 heavy (non-hydrogen) atoms. The van der Waals surface area contributed by atoms with E-state index in [9.17, 15) is 19.5 Å². The van der Waals surface area contributed by atoms with Crippen LogP contribution >= 0.6 is 22.9 Å². The van der Waals surface area contributed by atoms with Crippen LogP contribution < -0.4 is 15.6 Å². The van der Waals surface area contributed by atoms with Crippen LogP contribution in [0.5, 0.6) is 5.75 Å². The van der Waals surface area contributed by atoms with Crippen molar-refractivity contribution in [3.05, 3.63) is 75.6 Å². The van der Waals surface area contributed by atoms with E-state index in [1.54, 1.807) is 42.5 Å². The lowest BCUT2D eigenvalue weighted by Gasteiger charge is -2.07. The summed E-state index contributed by atoms with van der Waals surface area (Å²) in [5, 5.41) is 9.74. The van der Waals surface area contributed by atoms with Gasteiger partial charge in [0.1, 0.15) is 5.75 Å². The molecule has 3 rings (SSSR count). The third-order valence-corrected chi connectivity index (χ3v) is 5.58. The molecule has 0 atom stereocenters. The highest BCUT2D eigenvalue weighted by Crippen LogP contribution is 2.34. The Kier molecular flexibility index (Phi) is 6.71. The van der Waals surface area contributed by atoms with Crippen LogP contribution in [-0.2, 0) is 11.2 Å². The van der Waals surface area contributed by atoms with Gasteiger partial charge in [0.25, 0.3) is 11.8 Å². The quantitative estimate of drug-likeness (QED) is 0.502. The van der Waals surface area contributed by atoms with Gasteiger partial charge in [0.05, 0.1) is 18.4 Å². The summed E-state index contributed by atoms with van der Waals surface area (Å²) < 4.78 is 5.08. The highest BCUT2D eigenvalue weighted by atomic mass is 35.5. The van der Waals surface area contributed by atoms with E-state index in [-0.39, 0.29) is 11.3 Å². The van der Waals surface area contributed by atoms with Gasteiger partial charge in [-0.15, -0.1) is 11.3 Å². The zero-order valence-corrected chi connectivity index (χ0v) is 17.3. The molecule has 9 heteroatoms. The summed E-state index contributed by atoms with van der Waals surface area (Å²) in [7, 11) is 1.49. The Morgan fingerprint density at radius 1 is 1.03 bits per heavy atom. The van der Waals surface area contributed by atoms with Crippen molar-refractivity contribution in [2.45, 2.75) is 6.42 Å². The van der Waals surface area contributed by atoms with Crippen molar-refractivity contribution in [2.75, 3.05) is 7.11 Å². The number of amides is 2. The maximum atomic E-state index is 12.5. The molecular weight excluding hydrogens is 428 g/mol. The molecule has 1 aromatic heterocycles. The molecule has 0 radical (unpaired) electrons. The number of halogens is 1. The standard InChI is InChI=1S/C21H17ClN2O5S/c1-29-16-4-2-3-13(9-16)20(27)23-24-21(28)17-10-14(11-18(25)26)19(30-17)12-5-7-15(22)8-6-12/h2-10H,11H2,1H3,(H,23,27)(H,24,28)(H,25,26). The molecule has 0 aliphatic carbocycles. The topological polar surface area (TPSA) is 105 Å². The molecule has 3 aromatic rings. The van der Waals surface area contributed by atoms with E-state index < -0.39 is 17.8 Å². The monoisotopic (exact) mass is 444 g/mol. The van der Waals surface area contributed by atoms with Gasteiger partial charge in [-0.2, -0.15) is 0 Å². The molecule has 0 saturated heterocycles. The van der Waals surface area contributed by atoms with Crippen LogP contribution in [-0.4, -0.2) is 30.0 Å². The highest BCUT2D eigenvalue weighted by molar-refractivity contribution is 7.17. The molecule has 7 nitrogen and oxygen atoms in total. The number of hydrazine groups is 1. The summed E-state index contributed by atoms with van der Waals surface area (Å²) >= 11 is 7.05. The normalized spacial score (nSPS) is 10.3. The van der Waals surface area contributed by atoms with Crippen LogP contribution in [0.2, 0.25) is 5.02 Å². The molecule has 0 fully saturated rings. The molecule has 0 spiro atoms. The second kappa shape index (κ2) is 9.43. The number of carboxylic acid groups (broad SMARTS) is 1. The molecule has 0 aliphatic heterocycles. The summed E-state index contributed by atoms with van der Waals surface area (Å²) in [5.74, 6) is -1.56. The Morgan fingerprint density at radius 3 is 2.40 bits per heavy atom. The van der Waals surface area contributed by atoms with Crippen LogP contribution in [0.1, 0.15) is 25.6 Å². The number of nitrogens with one attached hydrogen (secondary N) is 2. The van der Waals surface area contributed by atoms with Crippen LogP contribution in [0, 0.1) is 0 Å². The summed E-state index contributed by atoms with van der Waals surface area (Å²) in [4.78, 5) is 36.9. The van der Waals surface area contributed by atoms with Gasteiger partial charge in [0, 0.05) is 15.5 Å². The van der Waals surface area contributed by atoms with E-state index in [2.05, 4.69) is 10.9 Å². The van der Waals surface area contributed by atoms with Crippen LogP contribution in [0.15, 0.2) is 54.6 Å². The van der Waals surface area contributed by atoms with Gasteiger partial charge in [0.2, 0.25) is 0 Å². The molecule has 0 bridgehead atoms. The third-order valence-electron chi connectivity index (χ3n) is 4.10. The smallest absolute Gasteiger partial charge is 0.307 e. The number of benzene rings is 2. The molecule has 154 valence electrons. The fourth-order valence-corrected chi connectivity index (χ4v) is 3.90. The average molecular weight is 445 g/mol. The van der Waals surface area contributed by atoms with Crippen molar-refractivity contribution in [1.29, 1.82) is 0 Å². The molecule has 2 amide bonds. The number of methoxy groups -OCH3 is 1. The van der Waals surface area contributed by atoms with Crippen molar-refractivity contribution < 1.29 is 24.2 Å². The van der Waals surface area contributed by atoms with Crippen LogP contribution in [0.4, 0.5) is 0 Å². The highest BCUT2D eigenvalue weighted by Gasteiger charge is 2.18. The van der Waals surface area contributed by atoms with Gasteiger partial charge >= 0.3 is 5.97 Å². The number of hydrogen-bond acceptors (Lipinski definition) is 5. The lowest BCUT2D eigenvalue weighted by Crippen LogP contribution is -2.41. The SMILES string of the molecule is COc1cccc(C(=O)NNC(=O)c2cc(CC(=O)O)c(-c3ccc(Cl)cc3)s2)c1. The molecule has 0 saturated carbocycles. The second-order valence-electron chi connectivity index (χ2n) is 6.18. The number of carbonyl (C=O) groups excluding carboxylic acids is 2. The van der Waals surface area contributed by atoms with E-state index in [0.29, 0.717) is 26.8 Å². The minimum Gasteiger partial charge on any atom is -0.497 e. The van der Waals surface area contributed by atoms with Gasteiger partial charge < -0.3 is 9.84 Å². The van der Waals surface area contributed by atoms with E-state index in [1.165, 1.54) is 19.2 Å². The van der Waals surface area contributed by atoms with Crippen molar-refractivity contribution in [3.8, 4) is 16.2 Å². The molecule has 1 heterocycles. The number of ether oxygens (including phenoxy) is 1. The Balaban J connectivity index is 1.77. The maximum Gasteiger partial charge on any atom is 0.307 e. The zero-order chi connectivity index (χ0) is 21.7. The van der Waals surface area contributed by atoms with Crippen molar-refractivity contribution >= 4 is 40.7 Å². The average Bonchev–Trinajstić information content (AvgIpc) is 3.15. The molecule has 0 aliphatic rings. The first-order chi connectivity index (χ1) is 14.4. The zero-order valence-electron chi connectivity index (χ0n) is 15.8. The predicted molar refractivity (Wildman–Crippen MR) is 114 cm³/mol. The van der Waals surface area contributed by atoms with Crippen molar-refractivity contribution in [1.82, 2.24) is 10.9 Å². The maximum absolute atomic E-state index is 12.5. The first-order valence-electron chi connectivity index (χ1n) is 8.72. The summed E-state index contributed by atoms with van der Waals surface area (Å²) in [6.45, 7) is 0. The minimum atomic E-state index is -1.01. The van der Waals surface area contributed by atoms with Crippen LogP contribution in [0.3, 0.4) is 0 Å². The molecule has 2 aromatic carbocycles. The molecule has 0 unspecified atom stereocenters. The first-order valence-corrected chi connectivity index (χ1v) is 9.92. The first kappa shape index (κ1) is 21.4. The number of aliphatic carboxylic acids is 1. The lowest BCUT2D eigenvalue weighted by molar-refractivity contribution is -0.136. The van der Waals surface area contributed by atoms with Gasteiger partial charge in [-0.25, -0.2) is 0 Å². The molecular formula is C21H17ClN2O5S. The summed E-state index contributed by atoms with van der Waals surface area (Å²) in [6, 6.07) is 14.9. The number of thiophene rings is 1. The van der Waals surface area contributed by atoms with Crippen molar-refractivity contribution in [2.24, 2.45) is 0 Å². The van der Waals surface area contributed by atoms with E-state index in [1.807, 2.05) is 0 Å². The van der Waals surface area contributed by atoms with Gasteiger partial charge in [-0.3, -0.25) is 25.2 Å². The largest absolute Gasteiger partial charge is 0.497 e. The van der Waals surface area contributed by atoms with Gasteiger partial charge in [0.15, 0.2) is 0 Å². The minimum absolute atomic E-state index is 0.238. The fourth-order valence-electron chi connectivity index (χ4n) is 2.69. The third kappa shape index (κ3) is 5.16. The fraction of sp³-hybridized carbons (Fsp3) is 0.0952. The summed E-state index contributed by atoms with van der Waals surface area (Å²) in [6.07, 6.45) is -0.238. The Labute approximate surface area is 181 Å². The van der Waals surface area contributed by atoms with E-state index in [0.717, 1.165) is 16.9 Å². The van der Waals surface area contributed by atoms with E-state index in [4.69, 9.17) is 16.3 Å². The predicted octanol–water partition coefficient (Wildman–Crippen LogP) is 3.78. The van der Waals surface area contributed by atoms with Gasteiger partial charge in [-0.1, -0.05) is 29.8 Å². The van der Waals surface area contributed by atoms with E-state index >= 15 is 0 Å². The lowest BCUT2D eigenvalue weighted by atomic mass is 10.1. The second-order valence-corrected chi connectivity index (χ2v) is 7.67. The number of rotatable bonds is 6. The number of hydrogen-bond donors (Lipinski definition) is 3. The van der Waals surface area contributed by atoms with Crippen LogP contribution in [0.25, 0.3) is 10.4 Å². The Morgan fingerprint density at radius 2 is 1.73 bits per heavy atom. The molecule has 3 N–H and O–H groups in total. The Bertz CT molecular complexity index is 1100. The number of carboxylic acids is 1. The summed E-state index contributed by atoms with van der Waals surface area (Å²) in [5.41, 5.74) is 6.26. The Hall–Kier alpha value is -3.36.